The molecular formula is C131H81BBr2FO11+. The van der Waals surface area contributed by atoms with Crippen LogP contribution in [-0.2, 0) is 11.0 Å². The lowest BCUT2D eigenvalue weighted by molar-refractivity contribution is 0.103. The first-order valence-corrected chi connectivity index (χ1v) is 49.6. The number of hydrogen-bond donors (Lipinski definition) is 4. The van der Waals surface area contributed by atoms with Gasteiger partial charge in [-0.1, -0.05) is 392 Å². The number of halogens is 3. The smallest absolute Gasteiger partial charge is 0.507 e. The van der Waals surface area contributed by atoms with Crippen LogP contribution >= 0.6 is 31.9 Å². The van der Waals surface area contributed by atoms with Crippen LogP contribution in [0.2, 0.25) is 0 Å². The summed E-state index contributed by atoms with van der Waals surface area (Å²) in [5.74, 6) is -0.346. The molecule has 694 valence electrons. The van der Waals surface area contributed by atoms with Crippen LogP contribution in [0.4, 0.5) is 4.39 Å². The number of carbonyl (C=O) groups excluding carboxylic acids is 3. The summed E-state index contributed by atoms with van der Waals surface area (Å²) in [5, 5.41) is 47.8. The Labute approximate surface area is 855 Å². The minimum absolute atomic E-state index is 0. The summed E-state index contributed by atoms with van der Waals surface area (Å²) in [7, 11) is -1.72. The lowest BCUT2D eigenvalue weighted by Gasteiger charge is -2.31. The summed E-state index contributed by atoms with van der Waals surface area (Å²) in [5.41, 5.74) is 35.3. The van der Waals surface area contributed by atoms with Crippen molar-refractivity contribution in [2.45, 2.75) is 11.0 Å². The Bertz CT molecular complexity index is 9440. The van der Waals surface area contributed by atoms with E-state index in [0.717, 1.165) is 176 Å². The summed E-state index contributed by atoms with van der Waals surface area (Å²) < 4.78 is 38.4. The maximum Gasteiger partial charge on any atom is 1.00 e. The van der Waals surface area contributed by atoms with Gasteiger partial charge in [-0.15, -0.1) is 0 Å². The van der Waals surface area contributed by atoms with Gasteiger partial charge in [0.25, 0.3) is 0 Å². The number of phenols is 1. The van der Waals surface area contributed by atoms with Crippen molar-refractivity contribution in [3.05, 3.63) is 548 Å². The number of aromatic hydroxyl groups is 1. The number of fused-ring (bicyclic) bond motifs is 38. The van der Waals surface area contributed by atoms with Crippen molar-refractivity contribution in [1.82, 2.24) is 0 Å². The first-order chi connectivity index (χ1) is 71.6. The highest BCUT2D eigenvalue weighted by molar-refractivity contribution is 9.11. The molecule has 0 amide bonds. The van der Waals surface area contributed by atoms with E-state index in [2.05, 4.69) is 220 Å². The molecule has 31 rings (SSSR count). The van der Waals surface area contributed by atoms with Crippen molar-refractivity contribution in [3.63, 3.8) is 0 Å². The van der Waals surface area contributed by atoms with Gasteiger partial charge in [0.05, 0.1) is 9.89 Å². The van der Waals surface area contributed by atoms with Crippen LogP contribution in [0, 0.1) is 5.82 Å². The van der Waals surface area contributed by atoms with E-state index in [9.17, 15) is 29.0 Å². The fraction of sp³-hybridized carbons (Fsp3) is 0.0153. The monoisotopic (exact) mass is 2020 g/mol. The van der Waals surface area contributed by atoms with E-state index in [1.165, 1.54) is 90.7 Å². The van der Waals surface area contributed by atoms with Gasteiger partial charge in [-0.05, 0) is 212 Å². The summed E-state index contributed by atoms with van der Waals surface area (Å²) in [6, 6.07) is 153. The molecule has 15 heteroatoms. The fourth-order valence-electron chi connectivity index (χ4n) is 22.7. The van der Waals surface area contributed by atoms with Crippen molar-refractivity contribution in [1.29, 1.82) is 0 Å². The standard InChI is InChI=1S/C31H20O2.C31H18O.2C19H10O2.C13H7BrO2.C12H9Br.C6H6BFO2/c32-31(25-15-7-4-12-21(25)20-10-2-1-3-11-20)26-16-8-5-13-22(26)23-18-19-28-29(30(23)31)24-14-6-9-17-27(24)33-28;1-5-13-24-19(9-1)20-10-2-6-14-25(20)31(24)26-15-7-3-11-21(26)22-17-18-28-29(30(22)31)23-12-4-8-16-27(23)32-28;2*20-19-13-6-2-1-5-11(13)12-9-10-16-17(18(12)19)14-7-3-4-8-15(14)21-16;14-12-10(15)6-5-8-7-3-1-2-4-9(7)13(16)11(8)12;13-12-9-5-4-8-11(12)10-6-2-1-3-7-10;8-6-4-2-1-3-5(6)7(9)10/h1-19,32H;1-18H;2*1-10H;1-6,15H;1-9H;1-4,9-10H/p+1. The van der Waals surface area contributed by atoms with Gasteiger partial charge in [0.2, 0.25) is 0 Å². The molecule has 25 aromatic rings. The van der Waals surface area contributed by atoms with Crippen LogP contribution in [0.5, 0.6) is 5.75 Å². The molecule has 4 heterocycles. The molecule has 146 heavy (non-hydrogen) atoms. The van der Waals surface area contributed by atoms with Gasteiger partial charge >= 0.3 is 8.55 Å². The predicted octanol–water partition coefficient (Wildman–Crippen LogP) is 32.1. The number of furan rings is 4. The lowest BCUT2D eigenvalue weighted by atomic mass is 9.69. The Kier molecular flexibility index (Phi) is 22.4. The molecule has 1 atom stereocenters. The lowest BCUT2D eigenvalue weighted by Crippen LogP contribution is -2.32. The van der Waals surface area contributed by atoms with Crippen LogP contribution in [0.15, 0.2) is 488 Å². The van der Waals surface area contributed by atoms with Gasteiger partial charge in [-0.25, -0.2) is 4.39 Å². The van der Waals surface area contributed by atoms with E-state index in [1.54, 1.807) is 18.2 Å². The van der Waals surface area contributed by atoms with Crippen molar-refractivity contribution >= 4 is 150 Å². The molecule has 11 nitrogen and oxygen atoms in total. The molecular weight excluding hydrogens is 1940 g/mol. The van der Waals surface area contributed by atoms with Crippen LogP contribution in [0.25, 0.3) is 177 Å². The van der Waals surface area contributed by atoms with Crippen molar-refractivity contribution in [2.75, 3.05) is 0 Å². The number of rotatable bonds is 4. The summed E-state index contributed by atoms with van der Waals surface area (Å²) in [4.78, 5) is 37.7. The number of carbonyl (C=O) groups is 3. The molecule has 0 bridgehead atoms. The van der Waals surface area contributed by atoms with E-state index in [4.69, 9.17) is 27.7 Å². The second-order valence-electron chi connectivity index (χ2n) is 36.6. The highest BCUT2D eigenvalue weighted by Gasteiger charge is 2.53. The van der Waals surface area contributed by atoms with E-state index in [0.29, 0.717) is 15.6 Å². The molecule has 6 aliphatic carbocycles. The van der Waals surface area contributed by atoms with Gasteiger partial charge in [0.1, 0.15) is 61.8 Å². The second-order valence-corrected chi connectivity index (χ2v) is 38.2. The number of aliphatic hydroxyl groups is 1. The Morgan fingerprint density at radius 1 is 0.247 bits per heavy atom. The minimum Gasteiger partial charge on any atom is -0.507 e. The van der Waals surface area contributed by atoms with Gasteiger partial charge in [0, 0.05) is 103 Å². The van der Waals surface area contributed by atoms with Crippen molar-refractivity contribution in [3.8, 4) is 94.8 Å². The van der Waals surface area contributed by atoms with Gasteiger partial charge in [-0.3, -0.25) is 14.4 Å². The zero-order valence-corrected chi connectivity index (χ0v) is 80.9. The molecule has 1 spiro atoms. The van der Waals surface area contributed by atoms with E-state index in [-0.39, 0.29) is 35.4 Å². The van der Waals surface area contributed by atoms with E-state index < -0.39 is 18.5 Å². The molecule has 0 fully saturated rings. The number of benzene rings is 21. The predicted molar refractivity (Wildman–Crippen MR) is 590 cm³/mol. The largest absolute Gasteiger partial charge is 1.00 e. The Balaban J connectivity index is 0.0000000947. The third kappa shape index (κ3) is 14.4. The Hall–Kier alpha value is -17.5. The van der Waals surface area contributed by atoms with Gasteiger partial charge in [0.15, 0.2) is 17.3 Å². The first kappa shape index (κ1) is 89.8. The molecule has 4 aromatic heterocycles. The molecule has 0 radical (unpaired) electrons. The van der Waals surface area contributed by atoms with Gasteiger partial charge < -0.3 is 37.9 Å². The quantitative estimate of drug-likeness (QED) is 0.123. The van der Waals surface area contributed by atoms with E-state index in [1.807, 2.05) is 231 Å². The van der Waals surface area contributed by atoms with Crippen LogP contribution in [0.3, 0.4) is 0 Å². The zero-order chi connectivity index (χ0) is 98.7. The Morgan fingerprint density at radius 3 is 0.959 bits per heavy atom. The molecule has 6 aliphatic rings. The zero-order valence-electron chi connectivity index (χ0n) is 78.7. The summed E-state index contributed by atoms with van der Waals surface area (Å²) in [6.07, 6.45) is 0. The number of para-hydroxylation sites is 4. The van der Waals surface area contributed by atoms with E-state index >= 15 is 0 Å². The molecule has 1 unspecified atom stereocenters. The highest BCUT2D eigenvalue weighted by atomic mass is 79.9. The van der Waals surface area contributed by atoms with Crippen LogP contribution in [-0.4, -0.2) is 44.7 Å². The normalized spacial score (nSPS) is 13.6. The average molecular weight is 2020 g/mol. The summed E-state index contributed by atoms with van der Waals surface area (Å²) in [6.45, 7) is 0. The topological polar surface area (TPSA) is 185 Å². The molecule has 0 aliphatic heterocycles. The molecule has 0 saturated heterocycles. The maximum absolute atomic E-state index is 12.8. The molecule has 0 saturated carbocycles. The highest BCUT2D eigenvalue weighted by Crippen LogP contribution is 2.65. The summed E-state index contributed by atoms with van der Waals surface area (Å²) >= 11 is 6.79. The van der Waals surface area contributed by atoms with Crippen LogP contribution in [0.1, 0.15) is 88.1 Å². The van der Waals surface area contributed by atoms with Gasteiger partial charge in [-0.2, -0.15) is 0 Å². The van der Waals surface area contributed by atoms with Crippen molar-refractivity contribution < 1.29 is 58.1 Å². The molecule has 4 N–H and O–H groups in total. The number of hydrogen-bond acceptors (Lipinski definition) is 11. The number of phenolic OH excluding ortho intramolecular Hbond substituents is 1. The maximum atomic E-state index is 12.8. The number of ketones is 3. The second kappa shape index (κ2) is 36.5. The SMILES string of the molecule is Brc1ccccc1-c1ccccc1.O=C1c2ccccc2-c2ccc(O)c(Br)c21.O=C1c2ccccc2-c2ccc3oc4ccccc4c3c21.O=C1c2ccccc2-c2ccc3oc4ccccc4c3c21.OB(O)c1ccccc1F.OC1(c2ccccc2-c2ccccc2)c2ccccc2-c2ccc3oc4ccccc4c3c21.[H+].c1ccc2c(c1)-c1ccccc1C21c2ccccc2-c2ccc3oc4ccccc4c3c21. The van der Waals surface area contributed by atoms with Crippen molar-refractivity contribution in [2.24, 2.45) is 0 Å². The van der Waals surface area contributed by atoms with Crippen LogP contribution < -0.4 is 5.46 Å². The Morgan fingerprint density at radius 2 is 0.534 bits per heavy atom. The third-order valence-corrected chi connectivity index (χ3v) is 30.3. The average Bonchev–Trinajstić information content (AvgIpc) is 1.49. The third-order valence-electron chi connectivity index (χ3n) is 28.8. The fourth-order valence-corrected chi connectivity index (χ4v) is 23.7. The minimum atomic E-state index is -1.72. The molecule has 21 aromatic carbocycles. The first-order valence-electron chi connectivity index (χ1n) is 48.0.